The first-order valence-electron chi connectivity index (χ1n) is 6.77. The molecule has 1 aromatic rings. The van der Waals surface area contributed by atoms with Gasteiger partial charge in [0, 0.05) is 46.5 Å². The van der Waals surface area contributed by atoms with E-state index in [-0.39, 0.29) is 24.0 Å². The maximum Gasteiger partial charge on any atom is 0.191 e. The Balaban J connectivity index is 0.00000400. The topological polar surface area (TPSA) is 74.9 Å². The van der Waals surface area contributed by atoms with Crippen molar-refractivity contribution in [1.82, 2.24) is 20.7 Å². The van der Waals surface area contributed by atoms with Crippen LogP contribution in [-0.2, 0) is 11.3 Å². The van der Waals surface area contributed by atoms with Crippen LogP contribution in [0.15, 0.2) is 21.8 Å². The molecule has 0 aromatic carbocycles. The van der Waals surface area contributed by atoms with Crippen molar-refractivity contribution >= 4 is 29.9 Å². The van der Waals surface area contributed by atoms with Gasteiger partial charge in [-0.2, -0.15) is 0 Å². The van der Waals surface area contributed by atoms with E-state index in [0.29, 0.717) is 6.54 Å². The van der Waals surface area contributed by atoms with Crippen LogP contribution in [0.1, 0.15) is 12.1 Å². The molecule has 8 heteroatoms. The van der Waals surface area contributed by atoms with Gasteiger partial charge >= 0.3 is 0 Å². The molecule has 1 rings (SSSR count). The molecule has 0 saturated carbocycles. The van der Waals surface area contributed by atoms with Crippen LogP contribution >= 0.6 is 24.0 Å². The van der Waals surface area contributed by atoms with Crippen molar-refractivity contribution in [3.8, 4) is 0 Å². The number of hydrogen-bond donors (Lipinski definition) is 2. The highest BCUT2D eigenvalue weighted by Gasteiger charge is 2.01. The SMILES string of the molecule is CN=C(NCCN(C)CCCOC)NCc1ccon1.I. The number of hydrogen-bond acceptors (Lipinski definition) is 5. The molecule has 1 heterocycles. The summed E-state index contributed by atoms with van der Waals surface area (Å²) in [5.41, 5.74) is 0.852. The number of ether oxygens (including phenoxy) is 1. The Hall–Kier alpha value is -0.870. The Morgan fingerprint density at radius 1 is 1.43 bits per heavy atom. The van der Waals surface area contributed by atoms with Gasteiger partial charge in [-0.3, -0.25) is 4.99 Å². The van der Waals surface area contributed by atoms with Crippen molar-refractivity contribution < 1.29 is 9.26 Å². The Morgan fingerprint density at radius 2 is 2.24 bits per heavy atom. The minimum absolute atomic E-state index is 0. The molecule has 122 valence electrons. The summed E-state index contributed by atoms with van der Waals surface area (Å²) in [7, 11) is 5.58. The lowest BCUT2D eigenvalue weighted by atomic mass is 10.4. The normalized spacial score (nSPS) is 11.3. The Bertz CT molecular complexity index is 373. The lowest BCUT2D eigenvalue weighted by Crippen LogP contribution is -2.40. The maximum atomic E-state index is 5.03. The second-order valence-electron chi connectivity index (χ2n) is 4.49. The first-order valence-corrected chi connectivity index (χ1v) is 6.77. The fourth-order valence-corrected chi connectivity index (χ4v) is 1.68. The van der Waals surface area contributed by atoms with Crippen LogP contribution in [0.2, 0.25) is 0 Å². The molecular weight excluding hydrogens is 385 g/mol. The molecule has 0 aliphatic rings. The van der Waals surface area contributed by atoms with Gasteiger partial charge in [-0.05, 0) is 13.5 Å². The Morgan fingerprint density at radius 3 is 2.86 bits per heavy atom. The zero-order chi connectivity index (χ0) is 14.6. The van der Waals surface area contributed by atoms with E-state index in [1.165, 1.54) is 0 Å². The number of likely N-dealkylation sites (N-methyl/N-ethyl adjacent to an activating group) is 1. The summed E-state index contributed by atoms with van der Waals surface area (Å²) in [6, 6.07) is 1.82. The van der Waals surface area contributed by atoms with E-state index >= 15 is 0 Å². The lowest BCUT2D eigenvalue weighted by molar-refractivity contribution is 0.180. The molecule has 0 aliphatic carbocycles. The fourth-order valence-electron chi connectivity index (χ4n) is 1.68. The lowest BCUT2D eigenvalue weighted by Gasteiger charge is -2.17. The van der Waals surface area contributed by atoms with E-state index in [4.69, 9.17) is 9.26 Å². The van der Waals surface area contributed by atoms with E-state index < -0.39 is 0 Å². The molecule has 0 unspecified atom stereocenters. The highest BCUT2D eigenvalue weighted by atomic mass is 127. The largest absolute Gasteiger partial charge is 0.385 e. The number of aromatic nitrogens is 1. The van der Waals surface area contributed by atoms with Gasteiger partial charge in [0.1, 0.15) is 12.0 Å². The Labute approximate surface area is 143 Å². The summed E-state index contributed by atoms with van der Waals surface area (Å²) in [4.78, 5) is 6.42. The molecule has 0 aliphatic heterocycles. The van der Waals surface area contributed by atoms with Crippen LogP contribution in [0.3, 0.4) is 0 Å². The van der Waals surface area contributed by atoms with Crippen molar-refractivity contribution in [1.29, 1.82) is 0 Å². The quantitative estimate of drug-likeness (QED) is 0.273. The van der Waals surface area contributed by atoms with Crippen LogP contribution in [0.5, 0.6) is 0 Å². The van der Waals surface area contributed by atoms with Crippen LogP contribution < -0.4 is 10.6 Å². The molecule has 21 heavy (non-hydrogen) atoms. The Kier molecular flexibility index (Phi) is 12.3. The minimum atomic E-state index is 0. The first-order chi connectivity index (χ1) is 9.76. The number of guanidine groups is 1. The molecule has 0 spiro atoms. The molecule has 0 atom stereocenters. The number of nitrogens with zero attached hydrogens (tertiary/aromatic N) is 3. The molecule has 0 fully saturated rings. The first kappa shape index (κ1) is 20.1. The minimum Gasteiger partial charge on any atom is -0.385 e. The molecule has 0 amide bonds. The molecule has 1 aromatic heterocycles. The number of aliphatic imine (C=N–C) groups is 1. The van der Waals surface area contributed by atoms with Crippen LogP contribution in [0.4, 0.5) is 0 Å². The van der Waals surface area contributed by atoms with Gasteiger partial charge in [0.2, 0.25) is 0 Å². The predicted octanol–water partition coefficient (Wildman–Crippen LogP) is 0.926. The van der Waals surface area contributed by atoms with E-state index in [0.717, 1.165) is 44.3 Å². The second kappa shape index (κ2) is 12.8. The van der Waals surface area contributed by atoms with Crippen molar-refractivity contribution in [3.63, 3.8) is 0 Å². The maximum absolute atomic E-state index is 5.03. The smallest absolute Gasteiger partial charge is 0.191 e. The van der Waals surface area contributed by atoms with Crippen molar-refractivity contribution in [2.24, 2.45) is 4.99 Å². The van der Waals surface area contributed by atoms with Crippen LogP contribution in [0, 0.1) is 0 Å². The molecule has 2 N–H and O–H groups in total. The zero-order valence-corrected chi connectivity index (χ0v) is 15.3. The fraction of sp³-hybridized carbons (Fsp3) is 0.692. The van der Waals surface area contributed by atoms with Crippen molar-refractivity contribution in [2.75, 3.05) is 47.4 Å². The number of methoxy groups -OCH3 is 1. The van der Waals surface area contributed by atoms with Gasteiger partial charge in [-0.15, -0.1) is 24.0 Å². The second-order valence-corrected chi connectivity index (χ2v) is 4.49. The van der Waals surface area contributed by atoms with Gasteiger partial charge < -0.3 is 24.8 Å². The number of rotatable bonds is 9. The zero-order valence-electron chi connectivity index (χ0n) is 13.0. The summed E-state index contributed by atoms with van der Waals surface area (Å²) in [5.74, 6) is 0.762. The predicted molar refractivity (Wildman–Crippen MR) is 94.1 cm³/mol. The van der Waals surface area contributed by atoms with Gasteiger partial charge in [0.25, 0.3) is 0 Å². The highest BCUT2D eigenvalue weighted by molar-refractivity contribution is 14.0. The standard InChI is InChI=1S/C13H25N5O2.HI/c1-14-13(16-11-12-5-10-20-17-12)15-6-8-18(2)7-4-9-19-3;/h5,10H,4,6-9,11H2,1-3H3,(H2,14,15,16);1H. The third kappa shape index (κ3) is 9.64. The third-order valence-electron chi connectivity index (χ3n) is 2.83. The monoisotopic (exact) mass is 411 g/mol. The number of nitrogens with one attached hydrogen (secondary N) is 2. The number of halogens is 1. The average molecular weight is 411 g/mol. The van der Waals surface area contributed by atoms with Gasteiger partial charge in [-0.1, -0.05) is 5.16 Å². The van der Waals surface area contributed by atoms with Gasteiger partial charge in [0.05, 0.1) is 6.54 Å². The molecular formula is C13H26IN5O2. The molecule has 0 radical (unpaired) electrons. The average Bonchev–Trinajstić information content (AvgIpc) is 2.96. The highest BCUT2D eigenvalue weighted by Crippen LogP contribution is 1.92. The summed E-state index contributed by atoms with van der Waals surface area (Å²) in [5, 5.41) is 10.3. The summed E-state index contributed by atoms with van der Waals surface area (Å²) >= 11 is 0. The summed E-state index contributed by atoms with van der Waals surface area (Å²) in [6.45, 7) is 4.22. The van der Waals surface area contributed by atoms with Gasteiger partial charge in [-0.25, -0.2) is 0 Å². The van der Waals surface area contributed by atoms with E-state index in [2.05, 4.69) is 32.7 Å². The van der Waals surface area contributed by atoms with Crippen molar-refractivity contribution in [2.45, 2.75) is 13.0 Å². The molecule has 0 bridgehead atoms. The molecule has 0 saturated heterocycles. The molecule has 7 nitrogen and oxygen atoms in total. The van der Waals surface area contributed by atoms with E-state index in [1.807, 2.05) is 6.07 Å². The third-order valence-corrected chi connectivity index (χ3v) is 2.83. The van der Waals surface area contributed by atoms with Crippen LogP contribution in [-0.4, -0.2) is 63.5 Å². The van der Waals surface area contributed by atoms with E-state index in [9.17, 15) is 0 Å². The summed E-state index contributed by atoms with van der Waals surface area (Å²) < 4.78 is 9.81. The van der Waals surface area contributed by atoms with Gasteiger partial charge in [0.15, 0.2) is 5.96 Å². The van der Waals surface area contributed by atoms with Crippen LogP contribution in [0.25, 0.3) is 0 Å². The summed E-state index contributed by atoms with van der Waals surface area (Å²) in [6.07, 6.45) is 2.61. The van der Waals surface area contributed by atoms with Crippen molar-refractivity contribution in [3.05, 3.63) is 18.0 Å². The van der Waals surface area contributed by atoms with E-state index in [1.54, 1.807) is 20.4 Å².